The van der Waals surface area contributed by atoms with E-state index in [9.17, 15) is 5.11 Å². The summed E-state index contributed by atoms with van der Waals surface area (Å²) in [4.78, 5) is 6.51. The largest absolute Gasteiger partial charge is 0.506 e. The molecule has 0 aliphatic heterocycles. The lowest BCUT2D eigenvalue weighted by Crippen LogP contribution is -2.27. The maximum Gasteiger partial charge on any atom is 0.133 e. The van der Waals surface area contributed by atoms with Gasteiger partial charge in [-0.1, -0.05) is 13.8 Å². The standard InChI is InChI=1S/C15H23N5O/c1-3-19(4-2)7-8-20-12-14(10-18-20)16-9-13-5-6-15(21)11-17-13/h5-6,10-12,16,21H,3-4,7-9H2,1-2H3. The highest BCUT2D eigenvalue weighted by Crippen LogP contribution is 2.09. The monoisotopic (exact) mass is 289 g/mol. The molecule has 0 radical (unpaired) electrons. The quantitative estimate of drug-likeness (QED) is 0.777. The van der Waals surface area contributed by atoms with Crippen molar-refractivity contribution in [3.8, 4) is 5.75 Å². The van der Waals surface area contributed by atoms with Gasteiger partial charge in [-0.05, 0) is 25.2 Å². The molecule has 21 heavy (non-hydrogen) atoms. The number of aromatic nitrogens is 3. The molecule has 0 bridgehead atoms. The number of nitrogens with zero attached hydrogens (tertiary/aromatic N) is 4. The third kappa shape index (κ3) is 4.75. The lowest BCUT2D eigenvalue weighted by molar-refractivity contribution is 0.285. The Morgan fingerprint density at radius 3 is 2.71 bits per heavy atom. The lowest BCUT2D eigenvalue weighted by Gasteiger charge is -2.17. The second kappa shape index (κ2) is 7.64. The molecule has 2 aromatic heterocycles. The fraction of sp³-hybridized carbons (Fsp3) is 0.467. The van der Waals surface area contributed by atoms with Crippen molar-refractivity contribution in [3.63, 3.8) is 0 Å². The van der Waals surface area contributed by atoms with Crippen molar-refractivity contribution in [3.05, 3.63) is 36.4 Å². The number of nitrogens with one attached hydrogen (secondary N) is 1. The zero-order valence-corrected chi connectivity index (χ0v) is 12.7. The SMILES string of the molecule is CCN(CC)CCn1cc(NCc2ccc(O)cn2)cn1. The molecule has 0 fully saturated rings. The maximum atomic E-state index is 9.19. The van der Waals surface area contributed by atoms with Crippen molar-refractivity contribution in [1.29, 1.82) is 0 Å². The first-order valence-corrected chi connectivity index (χ1v) is 7.33. The second-order valence-electron chi connectivity index (χ2n) is 4.88. The van der Waals surface area contributed by atoms with Crippen LogP contribution in [0.5, 0.6) is 5.75 Å². The molecule has 0 atom stereocenters. The number of aromatic hydroxyl groups is 1. The van der Waals surface area contributed by atoms with Crippen LogP contribution in [0.15, 0.2) is 30.7 Å². The molecule has 2 N–H and O–H groups in total. The summed E-state index contributed by atoms with van der Waals surface area (Å²) in [6.07, 6.45) is 5.27. The van der Waals surface area contributed by atoms with Gasteiger partial charge >= 0.3 is 0 Å². The number of likely N-dealkylation sites (N-methyl/N-ethyl adjacent to an activating group) is 1. The Bertz CT molecular complexity index is 533. The van der Waals surface area contributed by atoms with Gasteiger partial charge in [-0.25, -0.2) is 0 Å². The van der Waals surface area contributed by atoms with Gasteiger partial charge in [0.15, 0.2) is 0 Å². The van der Waals surface area contributed by atoms with Crippen molar-refractivity contribution in [2.24, 2.45) is 0 Å². The van der Waals surface area contributed by atoms with E-state index in [0.29, 0.717) is 6.54 Å². The predicted octanol–water partition coefficient (Wildman–Crippen LogP) is 1.94. The zero-order chi connectivity index (χ0) is 15.1. The van der Waals surface area contributed by atoms with Crippen LogP contribution in [0.3, 0.4) is 0 Å². The van der Waals surface area contributed by atoms with E-state index in [-0.39, 0.29) is 5.75 Å². The second-order valence-corrected chi connectivity index (χ2v) is 4.88. The summed E-state index contributed by atoms with van der Waals surface area (Å²) >= 11 is 0. The van der Waals surface area contributed by atoms with Crippen LogP contribution >= 0.6 is 0 Å². The third-order valence-corrected chi connectivity index (χ3v) is 3.46. The highest BCUT2D eigenvalue weighted by atomic mass is 16.3. The molecule has 2 aromatic rings. The van der Waals surface area contributed by atoms with Crippen LogP contribution in [0.4, 0.5) is 5.69 Å². The van der Waals surface area contributed by atoms with E-state index in [1.807, 2.05) is 17.1 Å². The third-order valence-electron chi connectivity index (χ3n) is 3.46. The molecule has 0 aliphatic rings. The van der Waals surface area contributed by atoms with Gasteiger partial charge in [0.05, 0.1) is 36.9 Å². The molecule has 6 nitrogen and oxygen atoms in total. The molecular weight excluding hydrogens is 266 g/mol. The number of hydrogen-bond donors (Lipinski definition) is 2. The normalized spacial score (nSPS) is 11.0. The van der Waals surface area contributed by atoms with Crippen LogP contribution in [0.2, 0.25) is 0 Å². The van der Waals surface area contributed by atoms with Crippen molar-refractivity contribution in [1.82, 2.24) is 19.7 Å². The number of pyridine rings is 1. The minimum Gasteiger partial charge on any atom is -0.506 e. The topological polar surface area (TPSA) is 66.2 Å². The van der Waals surface area contributed by atoms with Gasteiger partial charge in [0.2, 0.25) is 0 Å². The Morgan fingerprint density at radius 1 is 1.24 bits per heavy atom. The average Bonchev–Trinajstić information content (AvgIpc) is 2.96. The average molecular weight is 289 g/mol. The van der Waals surface area contributed by atoms with Crippen molar-refractivity contribution >= 4 is 5.69 Å². The fourth-order valence-corrected chi connectivity index (χ4v) is 2.07. The minimum absolute atomic E-state index is 0.183. The van der Waals surface area contributed by atoms with Crippen LogP contribution in [0, 0.1) is 0 Å². The number of anilines is 1. The summed E-state index contributed by atoms with van der Waals surface area (Å²) in [7, 11) is 0. The van der Waals surface area contributed by atoms with Crippen molar-refractivity contribution in [2.75, 3.05) is 25.0 Å². The summed E-state index contributed by atoms with van der Waals surface area (Å²) in [5.74, 6) is 0.183. The number of hydrogen-bond acceptors (Lipinski definition) is 5. The van der Waals surface area contributed by atoms with Gasteiger partial charge in [-0.15, -0.1) is 0 Å². The van der Waals surface area contributed by atoms with Crippen LogP contribution in [0.25, 0.3) is 0 Å². The van der Waals surface area contributed by atoms with E-state index in [2.05, 4.69) is 34.1 Å². The van der Waals surface area contributed by atoms with Gasteiger partial charge in [-0.2, -0.15) is 5.10 Å². The van der Waals surface area contributed by atoms with E-state index in [0.717, 1.165) is 37.6 Å². The molecule has 114 valence electrons. The summed E-state index contributed by atoms with van der Waals surface area (Å²) in [6, 6.07) is 3.44. The Balaban J connectivity index is 1.81. The highest BCUT2D eigenvalue weighted by Gasteiger charge is 2.02. The summed E-state index contributed by atoms with van der Waals surface area (Å²) < 4.78 is 1.95. The van der Waals surface area contributed by atoms with Crippen LogP contribution in [0.1, 0.15) is 19.5 Å². The minimum atomic E-state index is 0.183. The predicted molar refractivity (Wildman–Crippen MR) is 83.2 cm³/mol. The first kappa shape index (κ1) is 15.3. The van der Waals surface area contributed by atoms with Crippen molar-refractivity contribution < 1.29 is 5.11 Å². The van der Waals surface area contributed by atoms with E-state index >= 15 is 0 Å². The zero-order valence-electron chi connectivity index (χ0n) is 12.7. The first-order valence-electron chi connectivity index (χ1n) is 7.33. The molecule has 0 saturated heterocycles. The molecule has 0 aliphatic carbocycles. The molecule has 0 aromatic carbocycles. The summed E-state index contributed by atoms with van der Waals surface area (Å²) in [5, 5.41) is 16.8. The molecule has 0 spiro atoms. The molecule has 0 unspecified atom stereocenters. The summed E-state index contributed by atoms with van der Waals surface area (Å²) in [5.41, 5.74) is 1.85. The Morgan fingerprint density at radius 2 is 2.05 bits per heavy atom. The van der Waals surface area contributed by atoms with Gasteiger partial charge in [0.25, 0.3) is 0 Å². The van der Waals surface area contributed by atoms with Crippen LogP contribution in [-0.4, -0.2) is 44.4 Å². The molecule has 0 amide bonds. The molecule has 6 heteroatoms. The van der Waals surface area contributed by atoms with Gasteiger partial charge in [0.1, 0.15) is 5.75 Å². The smallest absolute Gasteiger partial charge is 0.133 e. The Hall–Kier alpha value is -2.08. The van der Waals surface area contributed by atoms with E-state index < -0.39 is 0 Å². The maximum absolute atomic E-state index is 9.19. The first-order chi connectivity index (χ1) is 10.2. The van der Waals surface area contributed by atoms with E-state index in [1.165, 1.54) is 6.20 Å². The molecule has 2 heterocycles. The van der Waals surface area contributed by atoms with Gasteiger partial charge in [-0.3, -0.25) is 9.67 Å². The molecule has 2 rings (SSSR count). The van der Waals surface area contributed by atoms with Crippen LogP contribution < -0.4 is 5.32 Å². The molecule has 0 saturated carbocycles. The fourth-order valence-electron chi connectivity index (χ4n) is 2.07. The number of rotatable bonds is 8. The van der Waals surface area contributed by atoms with Crippen LogP contribution in [-0.2, 0) is 13.1 Å². The van der Waals surface area contributed by atoms with Gasteiger partial charge < -0.3 is 15.3 Å². The lowest BCUT2D eigenvalue weighted by atomic mass is 10.3. The highest BCUT2D eigenvalue weighted by molar-refractivity contribution is 5.38. The summed E-state index contributed by atoms with van der Waals surface area (Å²) in [6.45, 7) is 8.98. The van der Waals surface area contributed by atoms with Crippen molar-refractivity contribution in [2.45, 2.75) is 26.9 Å². The molecular formula is C15H23N5O. The van der Waals surface area contributed by atoms with Gasteiger partial charge in [0, 0.05) is 12.7 Å². The van der Waals surface area contributed by atoms with E-state index in [4.69, 9.17) is 0 Å². The Kier molecular flexibility index (Phi) is 5.57. The Labute approximate surface area is 125 Å². The van der Waals surface area contributed by atoms with E-state index in [1.54, 1.807) is 12.1 Å².